The summed E-state index contributed by atoms with van der Waals surface area (Å²) >= 11 is 0. The highest BCUT2D eigenvalue weighted by atomic mass is 19.2. The van der Waals surface area contributed by atoms with Crippen molar-refractivity contribution in [2.75, 3.05) is 6.61 Å². The van der Waals surface area contributed by atoms with E-state index in [1.807, 2.05) is 0 Å². The molecular formula is C10H8F4N2O. The molecule has 1 unspecified atom stereocenters. The lowest BCUT2D eigenvalue weighted by atomic mass is 10.1. The van der Waals surface area contributed by atoms with Crippen LogP contribution < -0.4 is 10.5 Å². The minimum atomic E-state index is -1.67. The summed E-state index contributed by atoms with van der Waals surface area (Å²) in [6.07, 6.45) is 0. The maximum absolute atomic E-state index is 13.1. The van der Waals surface area contributed by atoms with Gasteiger partial charge in [-0.1, -0.05) is 0 Å². The van der Waals surface area contributed by atoms with E-state index >= 15 is 0 Å². The molecular weight excluding hydrogens is 240 g/mol. The molecule has 3 nitrogen and oxygen atoms in total. The molecule has 2 N–H and O–H groups in total. The Morgan fingerprint density at radius 1 is 1.29 bits per heavy atom. The molecule has 0 aliphatic rings. The van der Waals surface area contributed by atoms with E-state index in [2.05, 4.69) is 4.74 Å². The molecule has 7 heteroatoms. The summed E-state index contributed by atoms with van der Waals surface area (Å²) in [5, 5.41) is 8.53. The first kappa shape index (κ1) is 13.3. The molecule has 1 aromatic carbocycles. The van der Waals surface area contributed by atoms with Gasteiger partial charge >= 0.3 is 0 Å². The zero-order chi connectivity index (χ0) is 13.2. The topological polar surface area (TPSA) is 59.0 Å². The van der Waals surface area contributed by atoms with Crippen LogP contribution in [0.3, 0.4) is 0 Å². The molecule has 1 rings (SSSR count). The lowest BCUT2D eigenvalue weighted by molar-refractivity contribution is 0.234. The van der Waals surface area contributed by atoms with Crippen LogP contribution in [0.25, 0.3) is 0 Å². The van der Waals surface area contributed by atoms with Crippen molar-refractivity contribution in [1.82, 2.24) is 0 Å². The van der Waals surface area contributed by atoms with Crippen molar-refractivity contribution in [2.24, 2.45) is 5.73 Å². The fourth-order valence-corrected chi connectivity index (χ4v) is 0.932. The second-order valence-corrected chi connectivity index (χ2v) is 3.62. The molecule has 0 bridgehead atoms. The van der Waals surface area contributed by atoms with Crippen molar-refractivity contribution < 1.29 is 22.3 Å². The van der Waals surface area contributed by atoms with Crippen LogP contribution in [-0.2, 0) is 0 Å². The average Bonchev–Trinajstić information content (AvgIpc) is 2.26. The number of halogens is 4. The van der Waals surface area contributed by atoms with E-state index in [-0.39, 0.29) is 6.07 Å². The number of nitrogens with two attached hydrogens (primary N) is 1. The molecule has 0 aromatic heterocycles. The average molecular weight is 248 g/mol. The van der Waals surface area contributed by atoms with Gasteiger partial charge in [0.05, 0.1) is 6.07 Å². The number of hydrogen-bond acceptors (Lipinski definition) is 3. The van der Waals surface area contributed by atoms with Gasteiger partial charge in [0.15, 0.2) is 17.4 Å². The maximum Gasteiger partial charge on any atom is 0.203 e. The van der Waals surface area contributed by atoms with Gasteiger partial charge in [0.2, 0.25) is 11.6 Å². The number of hydrogen-bond donors (Lipinski definition) is 1. The lowest BCUT2D eigenvalue weighted by Gasteiger charge is -2.17. The van der Waals surface area contributed by atoms with Crippen molar-refractivity contribution in [3.63, 3.8) is 0 Å². The fraction of sp³-hybridized carbons (Fsp3) is 0.300. The number of rotatable bonds is 3. The van der Waals surface area contributed by atoms with Crippen molar-refractivity contribution >= 4 is 0 Å². The Bertz CT molecular complexity index is 456. The van der Waals surface area contributed by atoms with Gasteiger partial charge in [-0.05, 0) is 6.92 Å². The fourth-order valence-electron chi connectivity index (χ4n) is 0.932. The lowest BCUT2D eigenvalue weighted by Crippen LogP contribution is -2.41. The molecule has 0 saturated heterocycles. The Labute approximate surface area is 94.4 Å². The summed E-state index contributed by atoms with van der Waals surface area (Å²) in [5.74, 6) is -7.74. The van der Waals surface area contributed by atoms with Crippen LogP contribution in [0.2, 0.25) is 0 Å². The number of ether oxygens (including phenoxy) is 1. The first-order valence-corrected chi connectivity index (χ1v) is 4.44. The Kier molecular flexibility index (Phi) is 3.58. The predicted octanol–water partition coefficient (Wildman–Crippen LogP) is 1.86. The third-order valence-electron chi connectivity index (χ3n) is 1.84. The molecule has 0 saturated carbocycles. The van der Waals surface area contributed by atoms with Crippen molar-refractivity contribution in [3.05, 3.63) is 29.3 Å². The maximum atomic E-state index is 13.1. The molecule has 17 heavy (non-hydrogen) atoms. The highest BCUT2D eigenvalue weighted by Gasteiger charge is 2.24. The van der Waals surface area contributed by atoms with Gasteiger partial charge in [-0.3, -0.25) is 0 Å². The normalized spacial score (nSPS) is 13.9. The summed E-state index contributed by atoms with van der Waals surface area (Å²) < 4.78 is 56.2. The van der Waals surface area contributed by atoms with Crippen molar-refractivity contribution in [2.45, 2.75) is 12.5 Å². The van der Waals surface area contributed by atoms with Crippen molar-refractivity contribution in [3.8, 4) is 11.8 Å². The zero-order valence-electron chi connectivity index (χ0n) is 8.73. The minimum absolute atomic E-state index is 0.0590. The molecule has 0 aliphatic heterocycles. The smallest absolute Gasteiger partial charge is 0.203 e. The van der Waals surface area contributed by atoms with E-state index in [1.54, 1.807) is 6.07 Å². The standard InChI is InChI=1S/C10H8F4N2O/c1-10(16,3-15)4-17-9-7(13)5(11)2-6(12)8(9)14/h2H,4,16H2,1H3. The van der Waals surface area contributed by atoms with Gasteiger partial charge in [0, 0.05) is 6.07 Å². The minimum Gasteiger partial charge on any atom is -0.484 e. The molecule has 1 aromatic rings. The molecule has 92 valence electrons. The quantitative estimate of drug-likeness (QED) is 0.656. The highest BCUT2D eigenvalue weighted by molar-refractivity contribution is 5.29. The van der Waals surface area contributed by atoms with E-state index < -0.39 is 41.2 Å². The first-order valence-electron chi connectivity index (χ1n) is 4.44. The predicted molar refractivity (Wildman–Crippen MR) is 50.0 cm³/mol. The van der Waals surface area contributed by atoms with Gasteiger partial charge in [-0.15, -0.1) is 0 Å². The monoisotopic (exact) mass is 248 g/mol. The third-order valence-corrected chi connectivity index (χ3v) is 1.84. The summed E-state index contributed by atoms with van der Waals surface area (Å²) in [4.78, 5) is 0. The molecule has 0 spiro atoms. The largest absolute Gasteiger partial charge is 0.484 e. The van der Waals surface area contributed by atoms with Gasteiger partial charge in [-0.25, -0.2) is 8.78 Å². The molecule has 1 atom stereocenters. The summed E-state index contributed by atoms with van der Waals surface area (Å²) in [6.45, 7) is 0.624. The van der Waals surface area contributed by atoms with Crippen LogP contribution in [0.1, 0.15) is 6.92 Å². The van der Waals surface area contributed by atoms with Gasteiger partial charge in [0.25, 0.3) is 0 Å². The number of nitrogens with zero attached hydrogens (tertiary/aromatic N) is 1. The summed E-state index contributed by atoms with van der Waals surface area (Å²) in [7, 11) is 0. The summed E-state index contributed by atoms with van der Waals surface area (Å²) in [6, 6.07) is 1.66. The van der Waals surface area contributed by atoms with Crippen LogP contribution in [0.4, 0.5) is 17.6 Å². The first-order chi connectivity index (χ1) is 7.78. The van der Waals surface area contributed by atoms with Crippen LogP contribution >= 0.6 is 0 Å². The number of benzene rings is 1. The van der Waals surface area contributed by atoms with Gasteiger partial charge in [-0.2, -0.15) is 14.0 Å². The van der Waals surface area contributed by atoms with E-state index in [0.717, 1.165) is 0 Å². The SMILES string of the molecule is CC(N)(C#N)COc1c(F)c(F)cc(F)c1F. The Balaban J connectivity index is 3.04. The van der Waals surface area contributed by atoms with Gasteiger partial charge in [0.1, 0.15) is 12.1 Å². The Hall–Kier alpha value is -1.81. The molecule has 0 fully saturated rings. The van der Waals surface area contributed by atoms with Crippen molar-refractivity contribution in [1.29, 1.82) is 5.26 Å². The van der Waals surface area contributed by atoms with Crippen LogP contribution in [0, 0.1) is 34.6 Å². The molecule has 0 aliphatic carbocycles. The Morgan fingerprint density at radius 3 is 2.18 bits per heavy atom. The van der Waals surface area contributed by atoms with E-state index in [0.29, 0.717) is 0 Å². The second kappa shape index (κ2) is 4.59. The third kappa shape index (κ3) is 2.85. The second-order valence-electron chi connectivity index (χ2n) is 3.62. The van der Waals surface area contributed by atoms with Crippen LogP contribution in [0.15, 0.2) is 6.07 Å². The van der Waals surface area contributed by atoms with Crippen LogP contribution in [-0.4, -0.2) is 12.1 Å². The number of nitriles is 1. The van der Waals surface area contributed by atoms with E-state index in [9.17, 15) is 17.6 Å². The molecule has 0 heterocycles. The van der Waals surface area contributed by atoms with E-state index in [1.165, 1.54) is 6.92 Å². The van der Waals surface area contributed by atoms with Gasteiger partial charge < -0.3 is 10.5 Å². The molecule has 0 radical (unpaired) electrons. The highest BCUT2D eigenvalue weighted by Crippen LogP contribution is 2.26. The van der Waals surface area contributed by atoms with Crippen LogP contribution in [0.5, 0.6) is 5.75 Å². The van der Waals surface area contributed by atoms with E-state index in [4.69, 9.17) is 11.0 Å². The summed E-state index contributed by atoms with van der Waals surface area (Å²) in [5.41, 5.74) is 3.80. The zero-order valence-corrected chi connectivity index (χ0v) is 8.73. The Morgan fingerprint density at radius 2 is 1.76 bits per heavy atom. The molecule has 0 amide bonds.